The van der Waals surface area contributed by atoms with Crippen LogP contribution in [0.5, 0.6) is 0 Å². The Labute approximate surface area is 86.6 Å². The van der Waals surface area contributed by atoms with Crippen molar-refractivity contribution >= 4 is 5.91 Å². The summed E-state index contributed by atoms with van der Waals surface area (Å²) in [6.07, 6.45) is -4.85. The van der Waals surface area contributed by atoms with Crippen LogP contribution >= 0.6 is 0 Å². The number of alkyl halides is 3. The summed E-state index contributed by atoms with van der Waals surface area (Å²) in [6, 6.07) is -0.326. The average molecular weight is 224 g/mol. The van der Waals surface area contributed by atoms with Crippen LogP contribution in [0.1, 0.15) is 26.7 Å². The second-order valence-corrected chi connectivity index (χ2v) is 3.70. The van der Waals surface area contributed by atoms with Crippen LogP contribution in [0.3, 0.4) is 0 Å². The molecule has 0 aromatic rings. The maximum atomic E-state index is 12.0. The van der Waals surface area contributed by atoms with E-state index in [9.17, 15) is 18.0 Å². The van der Waals surface area contributed by atoms with E-state index in [1.165, 1.54) is 4.90 Å². The minimum absolute atomic E-state index is 0.228. The third-order valence-corrected chi connectivity index (χ3v) is 2.54. The van der Waals surface area contributed by atoms with Crippen molar-refractivity contribution in [2.45, 2.75) is 45.1 Å². The molecule has 1 heterocycles. The van der Waals surface area contributed by atoms with Crippen molar-refractivity contribution < 1.29 is 18.0 Å². The van der Waals surface area contributed by atoms with Crippen LogP contribution in [-0.4, -0.2) is 35.7 Å². The normalized spacial score (nSPS) is 27.5. The first-order valence-corrected chi connectivity index (χ1v) is 4.98. The molecule has 1 amide bonds. The first-order valence-electron chi connectivity index (χ1n) is 4.98. The Morgan fingerprint density at radius 1 is 1.47 bits per heavy atom. The molecule has 0 aliphatic carbocycles. The molecule has 1 fully saturated rings. The van der Waals surface area contributed by atoms with E-state index in [0.717, 1.165) is 0 Å². The highest BCUT2D eigenvalue weighted by atomic mass is 19.4. The zero-order valence-corrected chi connectivity index (χ0v) is 8.77. The highest BCUT2D eigenvalue weighted by Crippen LogP contribution is 2.22. The number of amides is 1. The lowest BCUT2D eigenvalue weighted by Gasteiger charge is -2.21. The van der Waals surface area contributed by atoms with E-state index in [4.69, 9.17) is 0 Å². The monoisotopic (exact) mass is 224 g/mol. The van der Waals surface area contributed by atoms with Crippen molar-refractivity contribution in [3.05, 3.63) is 0 Å². The van der Waals surface area contributed by atoms with Gasteiger partial charge < -0.3 is 4.90 Å². The van der Waals surface area contributed by atoms with Gasteiger partial charge in [-0.1, -0.05) is 6.92 Å². The summed E-state index contributed by atoms with van der Waals surface area (Å²) in [5, 5.41) is 2.95. The molecule has 0 bridgehead atoms. The van der Waals surface area contributed by atoms with E-state index >= 15 is 0 Å². The van der Waals surface area contributed by atoms with Gasteiger partial charge in [-0.15, -0.1) is 0 Å². The van der Waals surface area contributed by atoms with Gasteiger partial charge in [-0.3, -0.25) is 10.1 Å². The molecule has 2 unspecified atom stereocenters. The molecule has 0 aromatic carbocycles. The molecule has 15 heavy (non-hydrogen) atoms. The van der Waals surface area contributed by atoms with Crippen molar-refractivity contribution in [2.24, 2.45) is 0 Å². The summed E-state index contributed by atoms with van der Waals surface area (Å²) >= 11 is 0. The molecule has 0 saturated carbocycles. The first kappa shape index (κ1) is 12.3. The Hall–Kier alpha value is -0.780. The fraction of sp³-hybridized carbons (Fsp3) is 0.889. The van der Waals surface area contributed by atoms with Crippen molar-refractivity contribution in [1.29, 1.82) is 0 Å². The molecule has 1 N–H and O–H groups in total. The summed E-state index contributed by atoms with van der Waals surface area (Å²) in [5.74, 6) is -0.228. The van der Waals surface area contributed by atoms with Gasteiger partial charge in [0.2, 0.25) is 5.91 Å². The van der Waals surface area contributed by atoms with Gasteiger partial charge >= 0.3 is 6.18 Å². The van der Waals surface area contributed by atoms with Crippen molar-refractivity contribution in [1.82, 2.24) is 10.2 Å². The lowest BCUT2D eigenvalue weighted by molar-refractivity contribution is -0.144. The second-order valence-electron chi connectivity index (χ2n) is 3.70. The molecular weight excluding hydrogens is 209 g/mol. The molecule has 1 aliphatic rings. The number of hydrogen-bond donors (Lipinski definition) is 1. The molecule has 0 radical (unpaired) electrons. The van der Waals surface area contributed by atoms with Crippen molar-refractivity contribution in [3.8, 4) is 0 Å². The van der Waals surface area contributed by atoms with Gasteiger partial charge in [0, 0.05) is 6.54 Å². The maximum Gasteiger partial charge on any atom is 0.390 e. The Bertz CT molecular complexity index is 242. The molecule has 88 valence electrons. The lowest BCUT2D eigenvalue weighted by Crippen LogP contribution is -2.37. The molecule has 1 rings (SSSR count). The SMILES string of the molecule is CCC1NC(C)N(CCC(F)(F)F)C1=O. The minimum atomic E-state index is -4.20. The van der Waals surface area contributed by atoms with Gasteiger partial charge in [-0.2, -0.15) is 13.2 Å². The molecule has 1 aliphatic heterocycles. The standard InChI is InChI=1S/C9H15F3N2O/c1-3-7-8(15)14(6(2)13-7)5-4-9(10,11)12/h6-7,13H,3-5H2,1-2H3. The summed E-state index contributed by atoms with van der Waals surface area (Å²) in [7, 11) is 0. The maximum absolute atomic E-state index is 12.0. The second kappa shape index (κ2) is 4.38. The lowest BCUT2D eigenvalue weighted by atomic mass is 10.2. The van der Waals surface area contributed by atoms with E-state index in [0.29, 0.717) is 6.42 Å². The highest BCUT2D eigenvalue weighted by molar-refractivity contribution is 5.84. The van der Waals surface area contributed by atoms with Gasteiger partial charge in [0.05, 0.1) is 18.6 Å². The van der Waals surface area contributed by atoms with Crippen LogP contribution in [0.4, 0.5) is 13.2 Å². The van der Waals surface area contributed by atoms with E-state index in [-0.39, 0.29) is 24.7 Å². The van der Waals surface area contributed by atoms with Crippen LogP contribution < -0.4 is 5.32 Å². The van der Waals surface area contributed by atoms with E-state index in [2.05, 4.69) is 5.32 Å². The fourth-order valence-electron chi connectivity index (χ4n) is 1.69. The Kier molecular flexibility index (Phi) is 3.59. The predicted octanol–water partition coefficient (Wildman–Crippen LogP) is 1.50. The summed E-state index contributed by atoms with van der Waals surface area (Å²) in [6.45, 7) is 3.27. The van der Waals surface area contributed by atoms with Crippen LogP contribution in [-0.2, 0) is 4.79 Å². The topological polar surface area (TPSA) is 32.3 Å². The average Bonchev–Trinajstić information content (AvgIpc) is 2.37. The Morgan fingerprint density at radius 2 is 2.07 bits per heavy atom. The predicted molar refractivity (Wildman–Crippen MR) is 49.1 cm³/mol. The van der Waals surface area contributed by atoms with Gasteiger partial charge in [0.1, 0.15) is 0 Å². The molecule has 0 aromatic heterocycles. The summed E-state index contributed by atoms with van der Waals surface area (Å²) < 4.78 is 36.0. The summed E-state index contributed by atoms with van der Waals surface area (Å²) in [4.78, 5) is 12.8. The van der Waals surface area contributed by atoms with Crippen molar-refractivity contribution in [2.75, 3.05) is 6.54 Å². The van der Waals surface area contributed by atoms with Crippen LogP contribution in [0.25, 0.3) is 0 Å². The quantitative estimate of drug-likeness (QED) is 0.787. The number of hydrogen-bond acceptors (Lipinski definition) is 2. The van der Waals surface area contributed by atoms with Gasteiger partial charge in [-0.25, -0.2) is 0 Å². The van der Waals surface area contributed by atoms with Crippen molar-refractivity contribution in [3.63, 3.8) is 0 Å². The van der Waals surface area contributed by atoms with Crippen LogP contribution in [0.2, 0.25) is 0 Å². The minimum Gasteiger partial charge on any atom is -0.326 e. The zero-order chi connectivity index (χ0) is 11.6. The summed E-state index contributed by atoms with van der Waals surface area (Å²) in [5.41, 5.74) is 0. The molecule has 1 saturated heterocycles. The Balaban J connectivity index is 2.52. The molecular formula is C9H15F3N2O. The zero-order valence-electron chi connectivity index (χ0n) is 8.77. The first-order chi connectivity index (χ1) is 6.85. The van der Waals surface area contributed by atoms with Crippen LogP contribution in [0.15, 0.2) is 0 Å². The largest absolute Gasteiger partial charge is 0.390 e. The smallest absolute Gasteiger partial charge is 0.326 e. The molecule has 2 atom stereocenters. The van der Waals surface area contributed by atoms with Crippen LogP contribution in [0, 0.1) is 0 Å². The number of nitrogens with one attached hydrogen (secondary N) is 1. The third-order valence-electron chi connectivity index (χ3n) is 2.54. The Morgan fingerprint density at radius 3 is 2.47 bits per heavy atom. The van der Waals surface area contributed by atoms with E-state index in [1.54, 1.807) is 6.92 Å². The van der Waals surface area contributed by atoms with E-state index in [1.807, 2.05) is 6.92 Å². The van der Waals surface area contributed by atoms with E-state index < -0.39 is 12.6 Å². The number of nitrogens with zero attached hydrogens (tertiary/aromatic N) is 1. The molecule has 6 heteroatoms. The van der Waals surface area contributed by atoms with Gasteiger partial charge in [0.25, 0.3) is 0 Å². The molecule has 0 spiro atoms. The third kappa shape index (κ3) is 3.09. The number of rotatable bonds is 3. The van der Waals surface area contributed by atoms with Gasteiger partial charge in [0.15, 0.2) is 0 Å². The highest BCUT2D eigenvalue weighted by Gasteiger charge is 2.37. The van der Waals surface area contributed by atoms with Gasteiger partial charge in [-0.05, 0) is 13.3 Å². The fourth-order valence-corrected chi connectivity index (χ4v) is 1.69. The molecule has 3 nitrogen and oxygen atoms in total. The number of halogens is 3. The number of carbonyl (C=O) groups is 1. The number of carbonyl (C=O) groups excluding carboxylic acids is 1.